The Morgan fingerprint density at radius 1 is 1.24 bits per heavy atom. The number of rotatable bonds is 11. The van der Waals surface area contributed by atoms with E-state index in [-0.39, 0.29) is 18.1 Å². The van der Waals surface area contributed by atoms with Gasteiger partial charge in [-0.2, -0.15) is 0 Å². The SMILES string of the molecule is CCN1CCC(CCNC(=O)CC(SC[C@H](N)C(=O)O)C(=O)O)CC1. The zero-order valence-electron chi connectivity index (χ0n) is 14.6. The summed E-state index contributed by atoms with van der Waals surface area (Å²) < 4.78 is 0. The number of hydrogen-bond donors (Lipinski definition) is 4. The zero-order valence-corrected chi connectivity index (χ0v) is 15.5. The first-order chi connectivity index (χ1) is 11.8. The molecule has 8 nitrogen and oxygen atoms in total. The number of nitrogens with zero attached hydrogens (tertiary/aromatic N) is 1. The molecular weight excluding hydrogens is 346 g/mol. The first-order valence-corrected chi connectivity index (χ1v) is 9.70. The number of carbonyl (C=O) groups excluding carboxylic acids is 1. The Labute approximate surface area is 152 Å². The predicted octanol–water partition coefficient (Wildman–Crippen LogP) is 0.213. The number of nitrogens with two attached hydrogens (primary N) is 1. The highest BCUT2D eigenvalue weighted by Crippen LogP contribution is 2.20. The van der Waals surface area contributed by atoms with Gasteiger partial charge in [-0.15, -0.1) is 11.8 Å². The van der Waals surface area contributed by atoms with Crippen LogP contribution in [0.1, 0.15) is 32.6 Å². The monoisotopic (exact) mass is 375 g/mol. The Morgan fingerprint density at radius 2 is 1.88 bits per heavy atom. The van der Waals surface area contributed by atoms with Crippen molar-refractivity contribution in [1.82, 2.24) is 10.2 Å². The Balaban J connectivity index is 2.26. The molecule has 1 aliphatic rings. The number of amides is 1. The molecule has 1 fully saturated rings. The summed E-state index contributed by atoms with van der Waals surface area (Å²) >= 11 is 0.887. The van der Waals surface area contributed by atoms with Crippen molar-refractivity contribution in [3.63, 3.8) is 0 Å². The van der Waals surface area contributed by atoms with Crippen LogP contribution >= 0.6 is 11.8 Å². The van der Waals surface area contributed by atoms with Crippen LogP contribution in [0.5, 0.6) is 0 Å². The molecule has 5 N–H and O–H groups in total. The van der Waals surface area contributed by atoms with Crippen LogP contribution in [0.15, 0.2) is 0 Å². The van der Waals surface area contributed by atoms with E-state index in [0.717, 1.165) is 50.7 Å². The number of aliphatic carboxylic acids is 2. The summed E-state index contributed by atoms with van der Waals surface area (Å²) in [5.41, 5.74) is 5.36. The number of likely N-dealkylation sites (tertiary alicyclic amines) is 1. The number of carbonyl (C=O) groups is 3. The van der Waals surface area contributed by atoms with E-state index in [1.165, 1.54) is 0 Å². The molecule has 1 heterocycles. The lowest BCUT2D eigenvalue weighted by molar-refractivity contribution is -0.139. The molecule has 0 aromatic carbocycles. The number of carboxylic acid groups (broad SMARTS) is 2. The van der Waals surface area contributed by atoms with Crippen LogP contribution in [0.4, 0.5) is 0 Å². The fourth-order valence-corrected chi connectivity index (χ4v) is 3.75. The first kappa shape index (κ1) is 21.7. The lowest BCUT2D eigenvalue weighted by atomic mass is 9.93. The van der Waals surface area contributed by atoms with Crippen LogP contribution in [0.25, 0.3) is 0 Å². The second-order valence-electron chi connectivity index (χ2n) is 6.33. The quantitative estimate of drug-likeness (QED) is 0.403. The van der Waals surface area contributed by atoms with Crippen molar-refractivity contribution < 1.29 is 24.6 Å². The van der Waals surface area contributed by atoms with E-state index < -0.39 is 23.2 Å². The Hall–Kier alpha value is -1.32. The third-order valence-electron chi connectivity index (χ3n) is 4.47. The second-order valence-corrected chi connectivity index (χ2v) is 7.56. The predicted molar refractivity (Wildman–Crippen MR) is 96.6 cm³/mol. The molecular formula is C16H29N3O5S. The fourth-order valence-electron chi connectivity index (χ4n) is 2.76. The number of thioether (sulfide) groups is 1. The van der Waals surface area contributed by atoms with Gasteiger partial charge < -0.3 is 26.2 Å². The second kappa shape index (κ2) is 11.3. The number of nitrogens with one attached hydrogen (secondary N) is 1. The minimum absolute atomic E-state index is 0.0460. The molecule has 0 aromatic rings. The van der Waals surface area contributed by atoms with E-state index in [1.807, 2.05) is 0 Å². The third-order valence-corrected chi connectivity index (χ3v) is 5.79. The van der Waals surface area contributed by atoms with E-state index in [4.69, 9.17) is 15.9 Å². The van der Waals surface area contributed by atoms with Crippen LogP contribution in [0.3, 0.4) is 0 Å². The molecule has 0 radical (unpaired) electrons. The van der Waals surface area contributed by atoms with E-state index in [9.17, 15) is 14.4 Å². The van der Waals surface area contributed by atoms with E-state index >= 15 is 0 Å². The molecule has 0 aliphatic carbocycles. The summed E-state index contributed by atoms with van der Waals surface area (Å²) in [6.45, 7) is 5.96. The van der Waals surface area contributed by atoms with E-state index in [1.54, 1.807) is 0 Å². The van der Waals surface area contributed by atoms with Gasteiger partial charge in [-0.05, 0) is 44.8 Å². The lowest BCUT2D eigenvalue weighted by Crippen LogP contribution is -2.36. The molecule has 1 aliphatic heterocycles. The molecule has 1 rings (SSSR count). The molecule has 1 unspecified atom stereocenters. The highest BCUT2D eigenvalue weighted by atomic mass is 32.2. The summed E-state index contributed by atoms with van der Waals surface area (Å²) in [7, 11) is 0. The lowest BCUT2D eigenvalue weighted by Gasteiger charge is -2.31. The van der Waals surface area contributed by atoms with Crippen molar-refractivity contribution in [2.24, 2.45) is 11.7 Å². The van der Waals surface area contributed by atoms with E-state index in [2.05, 4.69) is 17.1 Å². The van der Waals surface area contributed by atoms with Crippen molar-refractivity contribution in [3.05, 3.63) is 0 Å². The van der Waals surface area contributed by atoms with Crippen molar-refractivity contribution in [1.29, 1.82) is 0 Å². The van der Waals surface area contributed by atoms with Crippen molar-refractivity contribution in [2.75, 3.05) is 31.9 Å². The van der Waals surface area contributed by atoms with Crippen LogP contribution < -0.4 is 11.1 Å². The van der Waals surface area contributed by atoms with Gasteiger partial charge in [0, 0.05) is 18.7 Å². The molecule has 0 aromatic heterocycles. The zero-order chi connectivity index (χ0) is 18.8. The highest BCUT2D eigenvalue weighted by Gasteiger charge is 2.24. The van der Waals surface area contributed by atoms with Crippen LogP contribution in [-0.4, -0.2) is 76.2 Å². The summed E-state index contributed by atoms with van der Waals surface area (Å²) in [6.07, 6.45) is 2.98. The molecule has 144 valence electrons. The standard InChI is InChI=1S/C16H29N3O5S/c1-2-19-7-4-11(5-8-19)3-6-18-14(20)9-13(16(23)24)25-10-12(17)15(21)22/h11-13H,2-10,17H2,1H3,(H,18,20)(H,21,22)(H,23,24)/t12-,13?/m0/s1. The van der Waals surface area contributed by atoms with Crippen molar-refractivity contribution in [3.8, 4) is 0 Å². The summed E-state index contributed by atoms with van der Waals surface area (Å²) in [6, 6.07) is -1.14. The molecule has 25 heavy (non-hydrogen) atoms. The molecule has 0 spiro atoms. The van der Waals surface area contributed by atoms with Crippen LogP contribution in [0.2, 0.25) is 0 Å². The van der Waals surface area contributed by atoms with Crippen molar-refractivity contribution in [2.45, 2.75) is 43.9 Å². The average Bonchev–Trinajstić information content (AvgIpc) is 2.58. The van der Waals surface area contributed by atoms with Gasteiger partial charge in [-0.1, -0.05) is 6.92 Å². The molecule has 9 heteroatoms. The Kier molecular flexibility index (Phi) is 9.84. The van der Waals surface area contributed by atoms with Gasteiger partial charge in [0.1, 0.15) is 11.3 Å². The van der Waals surface area contributed by atoms with Gasteiger partial charge in [0.05, 0.1) is 0 Å². The minimum atomic E-state index is -1.18. The Morgan fingerprint density at radius 3 is 2.40 bits per heavy atom. The van der Waals surface area contributed by atoms with Gasteiger partial charge in [-0.25, -0.2) is 0 Å². The molecule has 1 amide bonds. The Bertz CT molecular complexity index is 455. The van der Waals surface area contributed by atoms with Gasteiger partial charge >= 0.3 is 11.9 Å². The smallest absolute Gasteiger partial charge is 0.321 e. The maximum absolute atomic E-state index is 11.9. The molecule has 0 saturated carbocycles. The van der Waals surface area contributed by atoms with Crippen molar-refractivity contribution >= 4 is 29.6 Å². The largest absolute Gasteiger partial charge is 0.480 e. The van der Waals surface area contributed by atoms with Gasteiger partial charge in [0.25, 0.3) is 0 Å². The summed E-state index contributed by atoms with van der Waals surface area (Å²) in [5.74, 6) is -2.09. The van der Waals surface area contributed by atoms with E-state index in [0.29, 0.717) is 12.5 Å². The maximum Gasteiger partial charge on any atom is 0.321 e. The number of carboxylic acids is 2. The molecule has 2 atom stereocenters. The van der Waals surface area contributed by atoms with Gasteiger partial charge in [0.2, 0.25) is 5.91 Å². The summed E-state index contributed by atoms with van der Waals surface area (Å²) in [5, 5.41) is 19.7. The third kappa shape index (κ3) is 8.55. The van der Waals surface area contributed by atoms with Crippen LogP contribution in [0, 0.1) is 5.92 Å². The molecule has 0 bridgehead atoms. The topological polar surface area (TPSA) is 133 Å². The average molecular weight is 375 g/mol. The van der Waals surface area contributed by atoms with Gasteiger partial charge in [-0.3, -0.25) is 14.4 Å². The fraction of sp³-hybridized carbons (Fsp3) is 0.812. The first-order valence-electron chi connectivity index (χ1n) is 8.65. The summed E-state index contributed by atoms with van der Waals surface area (Å²) in [4.78, 5) is 36.2. The highest BCUT2D eigenvalue weighted by molar-refractivity contribution is 8.00. The number of hydrogen-bond acceptors (Lipinski definition) is 6. The maximum atomic E-state index is 11.9. The van der Waals surface area contributed by atoms with Gasteiger partial charge in [0.15, 0.2) is 0 Å². The normalized spacial score (nSPS) is 18.5. The van der Waals surface area contributed by atoms with Crippen LogP contribution in [-0.2, 0) is 14.4 Å². The molecule has 1 saturated heterocycles. The minimum Gasteiger partial charge on any atom is -0.480 e. The number of piperidine rings is 1.